The average molecular weight is 511 g/mol. The predicted octanol–water partition coefficient (Wildman–Crippen LogP) is 3.41. The van der Waals surface area contributed by atoms with Gasteiger partial charge in [0.15, 0.2) is 0 Å². The van der Waals surface area contributed by atoms with Crippen LogP contribution in [0.25, 0.3) is 0 Å². The molecule has 1 atom stereocenters. The van der Waals surface area contributed by atoms with Crippen LogP contribution in [0.4, 0.5) is 0 Å². The maximum absolute atomic E-state index is 13.8. The number of aliphatic hydroxyl groups excluding tert-OH is 3. The van der Waals surface area contributed by atoms with Crippen LogP contribution in [0.2, 0.25) is 0 Å². The first-order valence-electron chi connectivity index (χ1n) is 13.5. The van der Waals surface area contributed by atoms with Crippen molar-refractivity contribution in [2.24, 2.45) is 0 Å². The van der Waals surface area contributed by atoms with Gasteiger partial charge in [-0.15, -0.1) is 0 Å². The molecule has 1 aliphatic rings. The van der Waals surface area contributed by atoms with Crippen molar-refractivity contribution in [3.8, 4) is 0 Å². The Labute approximate surface area is 220 Å². The van der Waals surface area contributed by atoms with Gasteiger partial charge in [0, 0.05) is 29.8 Å². The van der Waals surface area contributed by atoms with E-state index in [4.69, 9.17) is 5.11 Å². The Morgan fingerprint density at radius 2 is 1.76 bits per heavy atom. The van der Waals surface area contributed by atoms with Gasteiger partial charge in [0.25, 0.3) is 11.8 Å². The lowest BCUT2D eigenvalue weighted by molar-refractivity contribution is 0.0397. The molecule has 2 amide bonds. The highest BCUT2D eigenvalue weighted by Crippen LogP contribution is 2.39. The normalized spacial score (nSPS) is 15.4. The molecule has 0 spiro atoms. The monoisotopic (exact) mass is 510 g/mol. The molecular weight excluding hydrogens is 468 g/mol. The van der Waals surface area contributed by atoms with Crippen LogP contribution in [0.15, 0.2) is 42.5 Å². The number of hydrogen-bond donors (Lipinski definition) is 4. The van der Waals surface area contributed by atoms with Gasteiger partial charge in [0.2, 0.25) is 0 Å². The van der Waals surface area contributed by atoms with E-state index in [0.29, 0.717) is 36.9 Å². The summed E-state index contributed by atoms with van der Waals surface area (Å²) in [5.74, 6) is -0.319. The summed E-state index contributed by atoms with van der Waals surface area (Å²) in [4.78, 5) is 28.2. The van der Waals surface area contributed by atoms with Crippen molar-refractivity contribution in [2.45, 2.75) is 76.9 Å². The van der Waals surface area contributed by atoms with Crippen molar-refractivity contribution in [2.75, 3.05) is 26.3 Å². The van der Waals surface area contributed by atoms with Gasteiger partial charge in [-0.2, -0.15) is 0 Å². The van der Waals surface area contributed by atoms with E-state index in [2.05, 4.69) is 12.2 Å². The fourth-order valence-electron chi connectivity index (χ4n) is 5.62. The second-order valence-electron chi connectivity index (χ2n) is 10.2. The van der Waals surface area contributed by atoms with Gasteiger partial charge >= 0.3 is 0 Å². The van der Waals surface area contributed by atoms with Crippen molar-refractivity contribution in [3.63, 3.8) is 0 Å². The first-order valence-corrected chi connectivity index (χ1v) is 13.5. The number of aryl methyl sites for hydroxylation is 2. The minimum absolute atomic E-state index is 0.0516. The predicted molar refractivity (Wildman–Crippen MR) is 145 cm³/mol. The van der Waals surface area contributed by atoms with Gasteiger partial charge in [0.1, 0.15) is 0 Å². The third kappa shape index (κ3) is 7.18. The lowest BCUT2D eigenvalue weighted by atomic mass is 9.89. The molecule has 2 aromatic rings. The third-order valence-corrected chi connectivity index (χ3v) is 7.69. The molecule has 0 aliphatic heterocycles. The molecule has 1 fully saturated rings. The molecule has 2 aromatic carbocycles. The SMILES string of the molecule is CCC1(N(CCO)C(=O)c2ccccc2CCC(O)Cc2ccc(C)cc2C(=O)NCCO)CCCC1. The van der Waals surface area contributed by atoms with Gasteiger partial charge in [-0.05, 0) is 68.7 Å². The molecular formula is C30H42N2O5. The number of hydrogen-bond acceptors (Lipinski definition) is 5. The second-order valence-corrected chi connectivity index (χ2v) is 10.2. The zero-order valence-corrected chi connectivity index (χ0v) is 22.2. The topological polar surface area (TPSA) is 110 Å². The molecule has 7 nitrogen and oxygen atoms in total. The molecule has 1 aliphatic carbocycles. The van der Waals surface area contributed by atoms with Gasteiger partial charge in [0.05, 0.1) is 19.3 Å². The zero-order valence-electron chi connectivity index (χ0n) is 22.2. The number of nitrogens with one attached hydrogen (secondary N) is 1. The van der Waals surface area contributed by atoms with Crippen molar-refractivity contribution >= 4 is 11.8 Å². The molecule has 0 radical (unpaired) electrons. The minimum atomic E-state index is -0.694. The summed E-state index contributed by atoms with van der Waals surface area (Å²) in [5, 5.41) is 32.4. The number of benzene rings is 2. The standard InChI is InChI=1S/C30H42N2O5/c1-3-30(14-6-7-15-30)32(17-19-34)29(37)26-9-5-4-8-23(26)12-13-25(35)21-24-11-10-22(2)20-27(24)28(36)31-16-18-33/h4-5,8-11,20,25,33-35H,3,6-7,12-19,21H2,1-2H3,(H,31,36). The molecule has 0 heterocycles. The fourth-order valence-corrected chi connectivity index (χ4v) is 5.62. The number of carbonyl (C=O) groups is 2. The van der Waals surface area contributed by atoms with E-state index in [1.807, 2.05) is 48.2 Å². The number of rotatable bonds is 13. The summed E-state index contributed by atoms with van der Waals surface area (Å²) in [5.41, 5.74) is 3.50. The van der Waals surface area contributed by atoms with Crippen LogP contribution in [0.1, 0.15) is 82.9 Å². The Morgan fingerprint density at radius 1 is 1.03 bits per heavy atom. The maximum Gasteiger partial charge on any atom is 0.254 e. The van der Waals surface area contributed by atoms with E-state index in [0.717, 1.165) is 48.8 Å². The summed E-state index contributed by atoms with van der Waals surface area (Å²) in [6.07, 6.45) is 5.55. The van der Waals surface area contributed by atoms with Crippen LogP contribution >= 0.6 is 0 Å². The molecule has 1 saturated carbocycles. The van der Waals surface area contributed by atoms with Crippen molar-refractivity contribution < 1.29 is 24.9 Å². The zero-order chi connectivity index (χ0) is 26.8. The average Bonchev–Trinajstić information content (AvgIpc) is 3.40. The lowest BCUT2D eigenvalue weighted by Crippen LogP contribution is -2.51. The Bertz CT molecular complexity index is 1050. The summed E-state index contributed by atoms with van der Waals surface area (Å²) >= 11 is 0. The van der Waals surface area contributed by atoms with Crippen LogP contribution in [0.5, 0.6) is 0 Å². The first kappa shape index (κ1) is 28.8. The maximum atomic E-state index is 13.8. The minimum Gasteiger partial charge on any atom is -0.395 e. The highest BCUT2D eigenvalue weighted by Gasteiger charge is 2.40. The Hall–Kier alpha value is -2.74. The van der Waals surface area contributed by atoms with E-state index >= 15 is 0 Å². The molecule has 1 unspecified atom stereocenters. The van der Waals surface area contributed by atoms with E-state index in [9.17, 15) is 19.8 Å². The highest BCUT2D eigenvalue weighted by molar-refractivity contribution is 5.96. The molecule has 202 valence electrons. The van der Waals surface area contributed by atoms with E-state index in [1.54, 1.807) is 6.07 Å². The molecule has 3 rings (SSSR count). The third-order valence-electron chi connectivity index (χ3n) is 7.69. The summed E-state index contributed by atoms with van der Waals surface area (Å²) < 4.78 is 0. The van der Waals surface area contributed by atoms with Crippen LogP contribution in [-0.4, -0.2) is 70.0 Å². The van der Waals surface area contributed by atoms with Gasteiger partial charge in [-0.1, -0.05) is 55.7 Å². The van der Waals surface area contributed by atoms with Crippen molar-refractivity contribution in [3.05, 3.63) is 70.3 Å². The van der Waals surface area contributed by atoms with Crippen molar-refractivity contribution in [1.29, 1.82) is 0 Å². The quantitative estimate of drug-likeness (QED) is 0.330. The van der Waals surface area contributed by atoms with Crippen molar-refractivity contribution in [1.82, 2.24) is 10.2 Å². The first-order chi connectivity index (χ1) is 17.8. The van der Waals surface area contributed by atoms with Crippen LogP contribution in [0.3, 0.4) is 0 Å². The number of aliphatic hydroxyl groups is 3. The van der Waals surface area contributed by atoms with Gasteiger partial charge < -0.3 is 25.5 Å². The molecule has 37 heavy (non-hydrogen) atoms. The Balaban J connectivity index is 1.73. The number of carbonyl (C=O) groups excluding carboxylic acids is 2. The van der Waals surface area contributed by atoms with E-state index in [1.165, 1.54) is 0 Å². The fraction of sp³-hybridized carbons (Fsp3) is 0.533. The van der Waals surface area contributed by atoms with Crippen LogP contribution in [-0.2, 0) is 12.8 Å². The second kappa shape index (κ2) is 13.7. The molecule has 7 heteroatoms. The van der Waals surface area contributed by atoms with Gasteiger partial charge in [-0.3, -0.25) is 9.59 Å². The van der Waals surface area contributed by atoms with E-state index < -0.39 is 6.10 Å². The lowest BCUT2D eigenvalue weighted by Gasteiger charge is -2.41. The summed E-state index contributed by atoms with van der Waals surface area (Å²) in [7, 11) is 0. The summed E-state index contributed by atoms with van der Waals surface area (Å²) in [6.45, 7) is 4.31. The summed E-state index contributed by atoms with van der Waals surface area (Å²) in [6, 6.07) is 13.1. The van der Waals surface area contributed by atoms with Gasteiger partial charge in [-0.25, -0.2) is 0 Å². The largest absolute Gasteiger partial charge is 0.395 e. The number of amides is 2. The smallest absolute Gasteiger partial charge is 0.254 e. The molecule has 0 bridgehead atoms. The molecule has 0 saturated heterocycles. The Kier molecular flexibility index (Phi) is 10.7. The molecule has 4 N–H and O–H groups in total. The van der Waals surface area contributed by atoms with E-state index in [-0.39, 0.29) is 37.1 Å². The number of β-amino-alcohol motifs (C(OH)–C–C–N with tert-alkyl or cyclic N) is 1. The Morgan fingerprint density at radius 3 is 2.43 bits per heavy atom. The highest BCUT2D eigenvalue weighted by atomic mass is 16.3. The van der Waals surface area contributed by atoms with Crippen LogP contribution < -0.4 is 5.32 Å². The van der Waals surface area contributed by atoms with Crippen LogP contribution in [0, 0.1) is 6.92 Å². The number of nitrogens with zero attached hydrogens (tertiary/aromatic N) is 1. The molecule has 0 aromatic heterocycles.